The van der Waals surface area contributed by atoms with Gasteiger partial charge in [-0.3, -0.25) is 4.79 Å². The standard InChI is InChI=1S/C26H22ClFN2O2/c27-19-5-8-24(31)22(16-19)26-21-4-2-1-3-17(21)10-14-30(26)25(32)11-13-29-12-9-18-15-20(28)6-7-23(18)29/h1-9,12,15-16,26,31H,10-11,13-14H2. The first-order valence-corrected chi connectivity index (χ1v) is 11.0. The molecule has 0 saturated heterocycles. The molecule has 4 aromatic rings. The number of aromatic hydroxyl groups is 1. The van der Waals surface area contributed by atoms with Crippen LogP contribution in [0.5, 0.6) is 5.75 Å². The maximum absolute atomic E-state index is 13.5. The fourth-order valence-electron chi connectivity index (χ4n) is 4.64. The monoisotopic (exact) mass is 448 g/mol. The van der Waals surface area contributed by atoms with Crippen molar-refractivity contribution in [1.82, 2.24) is 9.47 Å². The molecule has 3 aromatic carbocycles. The Labute approximate surface area is 190 Å². The van der Waals surface area contributed by atoms with Crippen LogP contribution in [0.2, 0.25) is 5.02 Å². The molecule has 1 unspecified atom stereocenters. The number of benzene rings is 3. The van der Waals surface area contributed by atoms with Gasteiger partial charge < -0.3 is 14.6 Å². The summed E-state index contributed by atoms with van der Waals surface area (Å²) in [5.41, 5.74) is 3.69. The van der Waals surface area contributed by atoms with Gasteiger partial charge in [0.2, 0.25) is 5.91 Å². The number of aryl methyl sites for hydroxylation is 1. The van der Waals surface area contributed by atoms with E-state index in [0.29, 0.717) is 30.1 Å². The molecule has 1 aliphatic rings. The summed E-state index contributed by atoms with van der Waals surface area (Å²) in [6.07, 6.45) is 2.93. The summed E-state index contributed by atoms with van der Waals surface area (Å²) >= 11 is 6.24. The smallest absolute Gasteiger partial charge is 0.225 e. The molecule has 0 radical (unpaired) electrons. The summed E-state index contributed by atoms with van der Waals surface area (Å²) in [6.45, 7) is 1.05. The molecule has 1 amide bonds. The molecule has 0 bridgehead atoms. The molecule has 6 heteroatoms. The number of halogens is 2. The lowest BCUT2D eigenvalue weighted by atomic mass is 9.87. The number of phenolic OH excluding ortho intramolecular Hbond substituents is 1. The van der Waals surface area contributed by atoms with Gasteiger partial charge in [0.25, 0.3) is 0 Å². The van der Waals surface area contributed by atoms with Gasteiger partial charge in [0, 0.05) is 47.2 Å². The second kappa shape index (κ2) is 8.32. The van der Waals surface area contributed by atoms with Crippen molar-refractivity contribution in [3.8, 4) is 5.75 Å². The zero-order valence-electron chi connectivity index (χ0n) is 17.3. The number of carbonyl (C=O) groups is 1. The average molecular weight is 449 g/mol. The molecular formula is C26H22ClFN2O2. The first kappa shape index (κ1) is 20.6. The number of hydrogen-bond acceptors (Lipinski definition) is 2. The first-order chi connectivity index (χ1) is 15.5. The summed E-state index contributed by atoms with van der Waals surface area (Å²) in [7, 11) is 0. The molecule has 0 spiro atoms. The van der Waals surface area contributed by atoms with Gasteiger partial charge in [0.15, 0.2) is 0 Å². The number of carbonyl (C=O) groups excluding carboxylic acids is 1. The summed E-state index contributed by atoms with van der Waals surface area (Å²) in [4.78, 5) is 15.2. The maximum Gasteiger partial charge on any atom is 0.225 e. The fourth-order valence-corrected chi connectivity index (χ4v) is 4.82. The van der Waals surface area contributed by atoms with Crippen LogP contribution in [0.1, 0.15) is 29.2 Å². The number of fused-ring (bicyclic) bond motifs is 2. The summed E-state index contributed by atoms with van der Waals surface area (Å²) in [5.74, 6) is -0.164. The molecule has 32 heavy (non-hydrogen) atoms. The Bertz CT molecular complexity index is 1320. The molecule has 162 valence electrons. The molecule has 5 rings (SSSR count). The van der Waals surface area contributed by atoms with E-state index in [-0.39, 0.29) is 17.5 Å². The van der Waals surface area contributed by atoms with Crippen molar-refractivity contribution in [2.24, 2.45) is 0 Å². The van der Waals surface area contributed by atoms with Crippen LogP contribution in [0.3, 0.4) is 0 Å². The fraction of sp³-hybridized carbons (Fsp3) is 0.192. The van der Waals surface area contributed by atoms with Crippen molar-refractivity contribution in [2.75, 3.05) is 6.54 Å². The SMILES string of the molecule is O=C(CCn1ccc2cc(F)ccc21)N1CCc2ccccc2C1c1cc(Cl)ccc1O. The lowest BCUT2D eigenvalue weighted by Crippen LogP contribution is -2.41. The van der Waals surface area contributed by atoms with Crippen LogP contribution in [0, 0.1) is 5.82 Å². The minimum atomic E-state index is -0.401. The second-order valence-electron chi connectivity index (χ2n) is 8.10. The van der Waals surface area contributed by atoms with Gasteiger partial charge in [-0.1, -0.05) is 35.9 Å². The number of rotatable bonds is 4. The summed E-state index contributed by atoms with van der Waals surface area (Å²) in [5, 5.41) is 11.9. The van der Waals surface area contributed by atoms with Crippen LogP contribution in [-0.2, 0) is 17.8 Å². The Balaban J connectivity index is 1.45. The van der Waals surface area contributed by atoms with Crippen molar-refractivity contribution >= 4 is 28.4 Å². The highest BCUT2D eigenvalue weighted by atomic mass is 35.5. The Morgan fingerprint density at radius 2 is 1.91 bits per heavy atom. The Morgan fingerprint density at radius 3 is 2.78 bits per heavy atom. The van der Waals surface area contributed by atoms with Gasteiger partial charge in [-0.2, -0.15) is 0 Å². The number of nitrogens with zero attached hydrogens (tertiary/aromatic N) is 2. The molecule has 1 aromatic heterocycles. The van der Waals surface area contributed by atoms with Gasteiger partial charge in [0.05, 0.1) is 6.04 Å². The third kappa shape index (κ3) is 3.73. The van der Waals surface area contributed by atoms with E-state index in [1.807, 2.05) is 39.9 Å². The van der Waals surface area contributed by atoms with E-state index >= 15 is 0 Å². The van der Waals surface area contributed by atoms with Crippen molar-refractivity contribution in [2.45, 2.75) is 25.4 Å². The maximum atomic E-state index is 13.5. The van der Waals surface area contributed by atoms with E-state index in [2.05, 4.69) is 6.07 Å². The van der Waals surface area contributed by atoms with Gasteiger partial charge in [0.1, 0.15) is 11.6 Å². The lowest BCUT2D eigenvalue weighted by Gasteiger charge is -2.38. The molecule has 1 aliphatic heterocycles. The zero-order valence-corrected chi connectivity index (χ0v) is 18.1. The number of aromatic nitrogens is 1. The van der Waals surface area contributed by atoms with E-state index in [4.69, 9.17) is 11.6 Å². The molecule has 1 N–H and O–H groups in total. The number of amides is 1. The molecular weight excluding hydrogens is 427 g/mol. The summed E-state index contributed by atoms with van der Waals surface area (Å²) in [6, 6.07) is 19.1. The van der Waals surface area contributed by atoms with E-state index in [1.165, 1.54) is 17.7 Å². The van der Waals surface area contributed by atoms with Gasteiger partial charge in [-0.25, -0.2) is 4.39 Å². The van der Waals surface area contributed by atoms with Gasteiger partial charge >= 0.3 is 0 Å². The normalized spacial score (nSPS) is 15.7. The van der Waals surface area contributed by atoms with Crippen LogP contribution >= 0.6 is 11.6 Å². The number of hydrogen-bond donors (Lipinski definition) is 1. The molecule has 0 fully saturated rings. The third-order valence-electron chi connectivity index (χ3n) is 6.19. The van der Waals surface area contributed by atoms with E-state index < -0.39 is 6.04 Å². The van der Waals surface area contributed by atoms with Crippen LogP contribution in [0.25, 0.3) is 10.9 Å². The van der Waals surface area contributed by atoms with Crippen LogP contribution in [0.4, 0.5) is 4.39 Å². The highest BCUT2D eigenvalue weighted by molar-refractivity contribution is 6.30. The predicted molar refractivity (Wildman–Crippen MR) is 123 cm³/mol. The topological polar surface area (TPSA) is 45.5 Å². The van der Waals surface area contributed by atoms with Crippen molar-refractivity contribution < 1.29 is 14.3 Å². The Kier molecular flexibility index (Phi) is 5.35. The van der Waals surface area contributed by atoms with Crippen molar-refractivity contribution in [1.29, 1.82) is 0 Å². The second-order valence-corrected chi connectivity index (χ2v) is 8.54. The molecule has 0 aliphatic carbocycles. The highest BCUT2D eigenvalue weighted by Gasteiger charge is 2.33. The van der Waals surface area contributed by atoms with Gasteiger partial charge in [-0.05, 0) is 60.0 Å². The van der Waals surface area contributed by atoms with E-state index in [9.17, 15) is 14.3 Å². The van der Waals surface area contributed by atoms with E-state index in [0.717, 1.165) is 22.9 Å². The lowest BCUT2D eigenvalue weighted by molar-refractivity contribution is -0.133. The minimum Gasteiger partial charge on any atom is -0.508 e. The minimum absolute atomic E-state index is 0.00663. The highest BCUT2D eigenvalue weighted by Crippen LogP contribution is 2.40. The predicted octanol–water partition coefficient (Wildman–Crippen LogP) is 5.70. The van der Waals surface area contributed by atoms with Crippen LogP contribution in [0.15, 0.2) is 72.9 Å². The Hall–Kier alpha value is -3.31. The van der Waals surface area contributed by atoms with Gasteiger partial charge in [-0.15, -0.1) is 0 Å². The molecule has 4 nitrogen and oxygen atoms in total. The quantitative estimate of drug-likeness (QED) is 0.435. The van der Waals surface area contributed by atoms with Crippen molar-refractivity contribution in [3.05, 3.63) is 100 Å². The number of phenols is 1. The molecule has 0 saturated carbocycles. The first-order valence-electron chi connectivity index (χ1n) is 10.6. The summed E-state index contributed by atoms with van der Waals surface area (Å²) < 4.78 is 15.5. The Morgan fingerprint density at radius 1 is 1.06 bits per heavy atom. The van der Waals surface area contributed by atoms with Crippen LogP contribution in [-0.4, -0.2) is 27.0 Å². The van der Waals surface area contributed by atoms with Crippen LogP contribution < -0.4 is 0 Å². The van der Waals surface area contributed by atoms with Crippen molar-refractivity contribution in [3.63, 3.8) is 0 Å². The average Bonchev–Trinajstić information content (AvgIpc) is 3.20. The van der Waals surface area contributed by atoms with E-state index in [1.54, 1.807) is 24.3 Å². The molecule has 2 heterocycles. The largest absolute Gasteiger partial charge is 0.508 e. The zero-order chi connectivity index (χ0) is 22.2. The third-order valence-corrected chi connectivity index (χ3v) is 6.42. The molecule has 1 atom stereocenters.